The van der Waals surface area contributed by atoms with Gasteiger partial charge in [0.25, 0.3) is 0 Å². The second kappa shape index (κ2) is 7.10. The third-order valence-corrected chi connectivity index (χ3v) is 3.97. The molecule has 7 heteroatoms. The Morgan fingerprint density at radius 1 is 1.25 bits per heavy atom. The number of thiazole rings is 1. The molecule has 5 nitrogen and oxygen atoms in total. The van der Waals surface area contributed by atoms with Gasteiger partial charge in [-0.2, -0.15) is 5.10 Å². The molecule has 0 radical (unpaired) electrons. The van der Waals surface area contributed by atoms with E-state index >= 15 is 0 Å². The lowest BCUT2D eigenvalue weighted by atomic mass is 10.2. The normalized spacial score (nSPS) is 10.9. The molecule has 0 atom stereocenters. The maximum Gasteiger partial charge on any atom is 0.203 e. The topological polar surface area (TPSA) is 66.7 Å². The molecule has 2 aromatic carbocycles. The highest BCUT2D eigenvalue weighted by atomic mass is 32.1. The van der Waals surface area contributed by atoms with Gasteiger partial charge in [0.2, 0.25) is 5.13 Å². The molecule has 0 amide bonds. The number of hydrogen-bond acceptors (Lipinski definition) is 6. The Balaban J connectivity index is 1.67. The highest BCUT2D eigenvalue weighted by molar-refractivity contribution is 7.14. The van der Waals surface area contributed by atoms with Crippen LogP contribution in [0.4, 0.5) is 9.52 Å². The average molecular weight is 343 g/mol. The van der Waals surface area contributed by atoms with E-state index in [1.165, 1.54) is 30.6 Å². The molecular weight excluding hydrogens is 329 g/mol. The Morgan fingerprint density at radius 3 is 2.75 bits per heavy atom. The molecule has 3 aromatic rings. The Bertz CT molecular complexity index is 863. The highest BCUT2D eigenvalue weighted by Gasteiger charge is 2.04. The van der Waals surface area contributed by atoms with Gasteiger partial charge >= 0.3 is 0 Å². The van der Waals surface area contributed by atoms with Crippen LogP contribution in [-0.4, -0.2) is 23.4 Å². The van der Waals surface area contributed by atoms with E-state index < -0.39 is 0 Å². The maximum absolute atomic E-state index is 12.9. The van der Waals surface area contributed by atoms with E-state index in [0.29, 0.717) is 10.9 Å². The summed E-state index contributed by atoms with van der Waals surface area (Å²) < 4.78 is 17.9. The Morgan fingerprint density at radius 2 is 2.04 bits per heavy atom. The number of nitrogens with zero attached hydrogens (tertiary/aromatic N) is 2. The fourth-order valence-electron chi connectivity index (χ4n) is 2.03. The van der Waals surface area contributed by atoms with E-state index in [-0.39, 0.29) is 11.6 Å². The van der Waals surface area contributed by atoms with Crippen molar-refractivity contribution in [3.05, 3.63) is 59.2 Å². The molecule has 0 spiro atoms. The van der Waals surface area contributed by atoms with Gasteiger partial charge in [0.05, 0.1) is 19.0 Å². The minimum atomic E-state index is -0.278. The Kier molecular flexibility index (Phi) is 4.72. The summed E-state index contributed by atoms with van der Waals surface area (Å²) in [7, 11) is 1.49. The second-order valence-corrected chi connectivity index (χ2v) is 5.70. The van der Waals surface area contributed by atoms with Gasteiger partial charge in [-0.25, -0.2) is 9.37 Å². The van der Waals surface area contributed by atoms with Crippen LogP contribution in [-0.2, 0) is 0 Å². The summed E-state index contributed by atoms with van der Waals surface area (Å²) in [6.07, 6.45) is 1.57. The molecule has 0 fully saturated rings. The van der Waals surface area contributed by atoms with Crippen LogP contribution in [0, 0.1) is 5.82 Å². The summed E-state index contributed by atoms with van der Waals surface area (Å²) in [4.78, 5) is 4.39. The van der Waals surface area contributed by atoms with Gasteiger partial charge in [-0.05, 0) is 48.0 Å². The molecule has 24 heavy (non-hydrogen) atoms. The molecule has 0 bridgehead atoms. The fraction of sp³-hybridized carbons (Fsp3) is 0.0588. The maximum atomic E-state index is 12.9. The van der Waals surface area contributed by atoms with Gasteiger partial charge in [0, 0.05) is 10.9 Å². The highest BCUT2D eigenvalue weighted by Crippen LogP contribution is 2.26. The number of rotatable bonds is 5. The van der Waals surface area contributed by atoms with E-state index in [0.717, 1.165) is 16.8 Å². The monoisotopic (exact) mass is 343 g/mol. The van der Waals surface area contributed by atoms with Gasteiger partial charge in [-0.3, -0.25) is 5.43 Å². The van der Waals surface area contributed by atoms with Crippen LogP contribution in [0.1, 0.15) is 5.56 Å². The molecule has 122 valence electrons. The van der Waals surface area contributed by atoms with Crippen LogP contribution in [0.2, 0.25) is 0 Å². The first kappa shape index (κ1) is 15.9. The van der Waals surface area contributed by atoms with Crippen molar-refractivity contribution >= 4 is 22.7 Å². The molecule has 0 aliphatic carbocycles. The number of benzene rings is 2. The van der Waals surface area contributed by atoms with Crippen LogP contribution < -0.4 is 10.2 Å². The lowest BCUT2D eigenvalue weighted by molar-refractivity contribution is 0.373. The van der Waals surface area contributed by atoms with Gasteiger partial charge in [0.15, 0.2) is 11.5 Å². The summed E-state index contributed by atoms with van der Waals surface area (Å²) in [6.45, 7) is 0. The molecule has 0 aliphatic rings. The third-order valence-electron chi connectivity index (χ3n) is 3.22. The van der Waals surface area contributed by atoms with Crippen LogP contribution in [0.25, 0.3) is 11.3 Å². The fourth-order valence-corrected chi connectivity index (χ4v) is 2.70. The van der Waals surface area contributed by atoms with Crippen LogP contribution in [0.5, 0.6) is 11.5 Å². The zero-order chi connectivity index (χ0) is 16.9. The summed E-state index contributed by atoms with van der Waals surface area (Å²) in [5.74, 6) is 0.179. The van der Waals surface area contributed by atoms with Crippen molar-refractivity contribution in [1.29, 1.82) is 0 Å². The first-order valence-electron chi connectivity index (χ1n) is 7.03. The number of aromatic hydroxyl groups is 1. The molecule has 0 aliphatic heterocycles. The van der Waals surface area contributed by atoms with Gasteiger partial charge < -0.3 is 9.84 Å². The quantitative estimate of drug-likeness (QED) is 0.540. The molecular formula is C17H14FN3O2S. The number of anilines is 1. The van der Waals surface area contributed by atoms with E-state index in [1.54, 1.807) is 36.5 Å². The number of ether oxygens (including phenoxy) is 1. The average Bonchev–Trinajstić information content (AvgIpc) is 3.04. The Hall–Kier alpha value is -2.93. The zero-order valence-corrected chi connectivity index (χ0v) is 13.5. The minimum Gasteiger partial charge on any atom is -0.504 e. The third kappa shape index (κ3) is 3.69. The number of methoxy groups -OCH3 is 1. The van der Waals surface area contributed by atoms with E-state index in [2.05, 4.69) is 15.5 Å². The smallest absolute Gasteiger partial charge is 0.203 e. The number of phenolic OH excluding ortho intramolecular Hbond substituents is 1. The van der Waals surface area contributed by atoms with Crippen molar-refractivity contribution in [3.8, 4) is 22.8 Å². The predicted octanol–water partition coefficient (Wildman–Crippen LogP) is 4.11. The van der Waals surface area contributed by atoms with Crippen molar-refractivity contribution in [1.82, 2.24) is 4.98 Å². The summed E-state index contributed by atoms with van der Waals surface area (Å²) >= 11 is 1.39. The number of hydrogen-bond donors (Lipinski definition) is 2. The number of aromatic nitrogens is 1. The number of halogens is 1. The van der Waals surface area contributed by atoms with E-state index in [9.17, 15) is 9.50 Å². The summed E-state index contributed by atoms with van der Waals surface area (Å²) in [5, 5.41) is 16.3. The lowest BCUT2D eigenvalue weighted by Crippen LogP contribution is -1.91. The van der Waals surface area contributed by atoms with Gasteiger partial charge in [-0.15, -0.1) is 11.3 Å². The first-order valence-corrected chi connectivity index (χ1v) is 7.91. The van der Waals surface area contributed by atoms with Crippen molar-refractivity contribution in [2.75, 3.05) is 12.5 Å². The summed E-state index contributed by atoms with van der Waals surface area (Å²) in [6, 6.07) is 11.1. The van der Waals surface area contributed by atoms with Crippen molar-refractivity contribution in [2.45, 2.75) is 0 Å². The molecule has 0 saturated heterocycles. The van der Waals surface area contributed by atoms with Crippen LogP contribution in [0.3, 0.4) is 0 Å². The standard InChI is InChI=1S/C17H14FN3O2S/c1-23-16-7-2-11(8-15(16)22)9-19-21-17-20-14(10-24-17)12-3-5-13(18)6-4-12/h2-10,22H,1H3,(H,20,21)/b19-9-. The molecule has 0 unspecified atom stereocenters. The SMILES string of the molecule is COc1ccc(/C=N\Nc2nc(-c3ccc(F)cc3)cs2)cc1O. The number of hydrazone groups is 1. The largest absolute Gasteiger partial charge is 0.504 e. The molecule has 1 aromatic heterocycles. The van der Waals surface area contributed by atoms with Crippen molar-refractivity contribution in [2.24, 2.45) is 5.10 Å². The van der Waals surface area contributed by atoms with E-state index in [1.807, 2.05) is 5.38 Å². The zero-order valence-electron chi connectivity index (χ0n) is 12.7. The summed E-state index contributed by atoms with van der Waals surface area (Å²) in [5.41, 5.74) is 5.14. The predicted molar refractivity (Wildman–Crippen MR) is 93.4 cm³/mol. The number of phenols is 1. The van der Waals surface area contributed by atoms with Crippen molar-refractivity contribution in [3.63, 3.8) is 0 Å². The van der Waals surface area contributed by atoms with Gasteiger partial charge in [-0.1, -0.05) is 0 Å². The lowest BCUT2D eigenvalue weighted by Gasteiger charge is -2.02. The number of nitrogens with one attached hydrogen (secondary N) is 1. The Labute approximate surface area is 142 Å². The minimum absolute atomic E-state index is 0.0503. The van der Waals surface area contributed by atoms with Crippen molar-refractivity contribution < 1.29 is 14.2 Å². The van der Waals surface area contributed by atoms with E-state index in [4.69, 9.17) is 4.74 Å². The van der Waals surface area contributed by atoms with Crippen LogP contribution in [0.15, 0.2) is 52.9 Å². The molecule has 0 saturated carbocycles. The second-order valence-electron chi connectivity index (χ2n) is 4.85. The molecule has 3 rings (SSSR count). The first-order chi connectivity index (χ1) is 11.7. The van der Waals surface area contributed by atoms with Crippen LogP contribution >= 0.6 is 11.3 Å². The molecule has 1 heterocycles. The van der Waals surface area contributed by atoms with Gasteiger partial charge in [0.1, 0.15) is 5.82 Å². The molecule has 2 N–H and O–H groups in total.